The summed E-state index contributed by atoms with van der Waals surface area (Å²) >= 11 is 3.39. The van der Waals surface area contributed by atoms with Crippen molar-refractivity contribution in [3.05, 3.63) is 34.3 Å². The lowest BCUT2D eigenvalue weighted by Crippen LogP contribution is -2.63. The van der Waals surface area contributed by atoms with Crippen LogP contribution in [0.25, 0.3) is 0 Å². The van der Waals surface area contributed by atoms with Crippen molar-refractivity contribution in [3.8, 4) is 0 Å². The van der Waals surface area contributed by atoms with Gasteiger partial charge in [-0.3, -0.25) is 9.59 Å². The summed E-state index contributed by atoms with van der Waals surface area (Å²) in [5, 5.41) is 2.80. The molecule has 4 nitrogen and oxygen atoms in total. The van der Waals surface area contributed by atoms with Gasteiger partial charge in [0.2, 0.25) is 11.8 Å². The number of halogens is 1. The second-order valence-electron chi connectivity index (χ2n) is 5.50. The van der Waals surface area contributed by atoms with Gasteiger partial charge in [-0.2, -0.15) is 0 Å². The largest absolute Gasteiger partial charge is 0.342 e. The molecule has 1 heterocycles. The number of amides is 2. The lowest BCUT2D eigenvalue weighted by atomic mass is 9.98. The maximum atomic E-state index is 12.5. The normalized spacial score (nSPS) is 23.1. The smallest absolute Gasteiger partial charge is 0.246 e. The van der Waals surface area contributed by atoms with Gasteiger partial charge in [0.1, 0.15) is 12.1 Å². The molecule has 0 radical (unpaired) electrons. The number of hydrogen-bond donors (Lipinski definition) is 1. The predicted octanol–water partition coefficient (Wildman–Crippen LogP) is 2.32. The average molecular weight is 339 g/mol. The van der Waals surface area contributed by atoms with Crippen molar-refractivity contribution >= 4 is 27.7 Å². The topological polar surface area (TPSA) is 49.4 Å². The average Bonchev–Trinajstić information content (AvgIpc) is 2.40. The van der Waals surface area contributed by atoms with Crippen LogP contribution in [-0.4, -0.2) is 28.8 Å². The fourth-order valence-electron chi connectivity index (χ4n) is 2.30. The molecule has 108 valence electrons. The first-order valence-corrected chi connectivity index (χ1v) is 7.54. The number of benzene rings is 1. The molecule has 0 bridgehead atoms. The van der Waals surface area contributed by atoms with Crippen molar-refractivity contribution in [2.75, 3.05) is 0 Å². The zero-order valence-electron chi connectivity index (χ0n) is 11.9. The predicted molar refractivity (Wildman–Crippen MR) is 80.9 cm³/mol. The Balaban J connectivity index is 2.20. The van der Waals surface area contributed by atoms with Crippen LogP contribution in [-0.2, 0) is 16.1 Å². The van der Waals surface area contributed by atoms with Crippen LogP contribution in [0.3, 0.4) is 0 Å². The van der Waals surface area contributed by atoms with Gasteiger partial charge in [-0.05, 0) is 30.5 Å². The monoisotopic (exact) mass is 338 g/mol. The Hall–Kier alpha value is -1.36. The molecule has 1 saturated heterocycles. The third-order valence-electron chi connectivity index (χ3n) is 3.63. The molecule has 1 aromatic rings. The van der Waals surface area contributed by atoms with E-state index in [0.29, 0.717) is 6.54 Å². The molecule has 0 aliphatic carbocycles. The van der Waals surface area contributed by atoms with Crippen LogP contribution in [0.1, 0.15) is 26.3 Å². The highest BCUT2D eigenvalue weighted by molar-refractivity contribution is 9.10. The Bertz CT molecular complexity index is 513. The van der Waals surface area contributed by atoms with Crippen LogP contribution in [0.2, 0.25) is 0 Å². The zero-order valence-corrected chi connectivity index (χ0v) is 13.5. The van der Waals surface area contributed by atoms with Crippen LogP contribution >= 0.6 is 15.9 Å². The first kappa shape index (κ1) is 15.0. The summed E-state index contributed by atoms with van der Waals surface area (Å²) in [5.41, 5.74) is 1.02. The van der Waals surface area contributed by atoms with E-state index in [1.54, 1.807) is 11.8 Å². The molecule has 1 N–H and O–H groups in total. The van der Waals surface area contributed by atoms with Crippen LogP contribution in [0.5, 0.6) is 0 Å². The van der Waals surface area contributed by atoms with E-state index in [-0.39, 0.29) is 17.7 Å². The van der Waals surface area contributed by atoms with Gasteiger partial charge in [0.05, 0.1) is 0 Å². The van der Waals surface area contributed by atoms with E-state index in [2.05, 4.69) is 21.2 Å². The maximum Gasteiger partial charge on any atom is 0.246 e. The highest BCUT2D eigenvalue weighted by Crippen LogP contribution is 2.19. The standard InChI is InChI=1S/C15H19BrN2O2/c1-9(2)13-15(20)18(10(3)14(19)17-13)8-11-4-6-12(16)7-5-11/h4-7,9-10,13H,8H2,1-3H3,(H,17,19). The van der Waals surface area contributed by atoms with E-state index in [0.717, 1.165) is 10.0 Å². The molecule has 2 amide bonds. The fourth-order valence-corrected chi connectivity index (χ4v) is 2.56. The van der Waals surface area contributed by atoms with Crippen molar-refractivity contribution < 1.29 is 9.59 Å². The Morgan fingerprint density at radius 3 is 2.40 bits per heavy atom. The van der Waals surface area contributed by atoms with Crippen LogP contribution in [0.15, 0.2) is 28.7 Å². The summed E-state index contributed by atoms with van der Waals surface area (Å²) in [6.07, 6.45) is 0. The molecule has 2 rings (SSSR count). The van der Waals surface area contributed by atoms with Crippen LogP contribution in [0, 0.1) is 5.92 Å². The number of hydrogen-bond acceptors (Lipinski definition) is 2. The molecule has 5 heteroatoms. The number of carbonyl (C=O) groups is 2. The van der Waals surface area contributed by atoms with Crippen molar-refractivity contribution in [2.45, 2.75) is 39.4 Å². The van der Waals surface area contributed by atoms with Crippen LogP contribution in [0.4, 0.5) is 0 Å². The Morgan fingerprint density at radius 2 is 1.85 bits per heavy atom. The molecular weight excluding hydrogens is 320 g/mol. The van der Waals surface area contributed by atoms with Crippen molar-refractivity contribution in [1.29, 1.82) is 0 Å². The van der Waals surface area contributed by atoms with Gasteiger partial charge >= 0.3 is 0 Å². The first-order chi connectivity index (χ1) is 9.40. The van der Waals surface area contributed by atoms with Gasteiger partial charge in [0.25, 0.3) is 0 Å². The SMILES string of the molecule is CC(C)C1NC(=O)C(C)N(Cc2ccc(Br)cc2)C1=O. The molecule has 1 aliphatic heterocycles. The molecule has 1 aromatic carbocycles. The minimum absolute atomic E-state index is 0.00461. The molecule has 1 aliphatic rings. The lowest BCUT2D eigenvalue weighted by molar-refractivity contribution is -0.150. The Morgan fingerprint density at radius 1 is 1.25 bits per heavy atom. The molecule has 2 unspecified atom stereocenters. The first-order valence-electron chi connectivity index (χ1n) is 6.75. The van der Waals surface area contributed by atoms with E-state index in [1.807, 2.05) is 38.1 Å². The molecule has 2 atom stereocenters. The Kier molecular flexibility index (Phi) is 4.48. The van der Waals surface area contributed by atoms with Gasteiger partial charge in [-0.15, -0.1) is 0 Å². The highest BCUT2D eigenvalue weighted by atomic mass is 79.9. The van der Waals surface area contributed by atoms with Crippen LogP contribution < -0.4 is 5.32 Å². The second-order valence-corrected chi connectivity index (χ2v) is 6.41. The zero-order chi connectivity index (χ0) is 14.9. The van der Waals surface area contributed by atoms with E-state index < -0.39 is 12.1 Å². The number of piperazine rings is 1. The quantitative estimate of drug-likeness (QED) is 0.919. The minimum Gasteiger partial charge on any atom is -0.342 e. The Labute approximate surface area is 127 Å². The van der Waals surface area contributed by atoms with E-state index in [1.165, 1.54) is 0 Å². The lowest BCUT2D eigenvalue weighted by Gasteiger charge is -2.38. The minimum atomic E-state index is -0.429. The van der Waals surface area contributed by atoms with Gasteiger partial charge in [-0.1, -0.05) is 41.9 Å². The number of nitrogens with one attached hydrogen (secondary N) is 1. The summed E-state index contributed by atoms with van der Waals surface area (Å²) in [7, 11) is 0. The van der Waals surface area contributed by atoms with Gasteiger partial charge in [0, 0.05) is 11.0 Å². The third kappa shape index (κ3) is 3.03. The fraction of sp³-hybridized carbons (Fsp3) is 0.467. The molecular formula is C15H19BrN2O2. The van der Waals surface area contributed by atoms with Gasteiger partial charge in [0.15, 0.2) is 0 Å². The van der Waals surface area contributed by atoms with E-state index in [4.69, 9.17) is 0 Å². The molecule has 20 heavy (non-hydrogen) atoms. The number of carbonyl (C=O) groups excluding carboxylic acids is 2. The third-order valence-corrected chi connectivity index (χ3v) is 4.16. The van der Waals surface area contributed by atoms with Crippen molar-refractivity contribution in [2.24, 2.45) is 5.92 Å². The molecule has 1 fully saturated rings. The van der Waals surface area contributed by atoms with Crippen molar-refractivity contribution in [3.63, 3.8) is 0 Å². The summed E-state index contributed by atoms with van der Waals surface area (Å²) < 4.78 is 0.997. The number of rotatable bonds is 3. The summed E-state index contributed by atoms with van der Waals surface area (Å²) in [4.78, 5) is 26.2. The summed E-state index contributed by atoms with van der Waals surface area (Å²) in [5.74, 6) is 0.00167. The van der Waals surface area contributed by atoms with Crippen molar-refractivity contribution in [1.82, 2.24) is 10.2 Å². The molecule has 0 aromatic heterocycles. The summed E-state index contributed by atoms with van der Waals surface area (Å²) in [6, 6.07) is 6.94. The van der Waals surface area contributed by atoms with Gasteiger partial charge in [-0.25, -0.2) is 0 Å². The molecule has 0 saturated carbocycles. The van der Waals surface area contributed by atoms with Gasteiger partial charge < -0.3 is 10.2 Å². The maximum absolute atomic E-state index is 12.5. The van der Waals surface area contributed by atoms with E-state index >= 15 is 0 Å². The molecule has 0 spiro atoms. The summed E-state index contributed by atoms with van der Waals surface area (Å²) in [6.45, 7) is 6.11. The second kappa shape index (κ2) is 5.95. The highest BCUT2D eigenvalue weighted by Gasteiger charge is 2.39. The number of nitrogens with zero attached hydrogens (tertiary/aromatic N) is 1. The van der Waals surface area contributed by atoms with E-state index in [9.17, 15) is 9.59 Å².